The molecule has 2 N–H and O–H groups in total. The maximum Gasteiger partial charge on any atom is 0.240 e. The van der Waals surface area contributed by atoms with Gasteiger partial charge in [0.1, 0.15) is 4.58 Å². The summed E-state index contributed by atoms with van der Waals surface area (Å²) in [6.07, 6.45) is 0. The summed E-state index contributed by atoms with van der Waals surface area (Å²) in [4.78, 5) is 11.5. The van der Waals surface area contributed by atoms with Gasteiger partial charge in [0, 0.05) is 11.5 Å². The lowest BCUT2D eigenvalue weighted by atomic mass is 10.2. The fraction of sp³-hybridized carbons (Fsp3) is 0.188. The second-order valence-electron chi connectivity index (χ2n) is 4.33. The molecular formula is C16H17NOS2. The summed E-state index contributed by atoms with van der Waals surface area (Å²) < 4.78 is -0.213. The summed E-state index contributed by atoms with van der Waals surface area (Å²) in [6, 6.07) is 20.3. The molecule has 0 fully saturated rings. The first-order chi connectivity index (χ1) is 9.75. The molecule has 20 heavy (non-hydrogen) atoms. The topological polar surface area (TPSA) is 43.1 Å². The fourth-order valence-electron chi connectivity index (χ4n) is 1.70. The second-order valence-corrected chi connectivity index (χ2v) is 6.81. The molecule has 0 unspecified atom stereocenters. The molecule has 104 valence electrons. The van der Waals surface area contributed by atoms with Crippen LogP contribution in [-0.2, 0) is 16.3 Å². The van der Waals surface area contributed by atoms with Crippen molar-refractivity contribution in [2.24, 2.45) is 5.73 Å². The Balaban J connectivity index is 1.86. The standard InChI is InChI=1S/C16H17NOS2/c17-15(18)16(19-11-13-7-3-1-4-8-13)20-12-14-9-5-2-6-10-14/h1-10,16H,11-12H2,(H2,17,18). The van der Waals surface area contributed by atoms with E-state index >= 15 is 0 Å². The molecular weight excluding hydrogens is 286 g/mol. The predicted molar refractivity (Wildman–Crippen MR) is 88.5 cm³/mol. The molecule has 2 nitrogen and oxygen atoms in total. The van der Waals surface area contributed by atoms with E-state index in [2.05, 4.69) is 24.3 Å². The number of nitrogens with two attached hydrogens (primary N) is 1. The number of rotatable bonds is 7. The number of hydrogen-bond donors (Lipinski definition) is 1. The third-order valence-corrected chi connectivity index (χ3v) is 5.61. The Morgan fingerprint density at radius 3 is 1.60 bits per heavy atom. The van der Waals surface area contributed by atoms with Crippen LogP contribution in [0.1, 0.15) is 11.1 Å². The van der Waals surface area contributed by atoms with Gasteiger partial charge < -0.3 is 5.73 Å². The van der Waals surface area contributed by atoms with Crippen molar-refractivity contribution in [1.29, 1.82) is 0 Å². The van der Waals surface area contributed by atoms with Gasteiger partial charge in [0.25, 0.3) is 0 Å². The number of amides is 1. The smallest absolute Gasteiger partial charge is 0.240 e. The Hall–Kier alpha value is -1.39. The van der Waals surface area contributed by atoms with E-state index in [4.69, 9.17) is 5.73 Å². The predicted octanol–water partition coefficient (Wildman–Crippen LogP) is 3.66. The average molecular weight is 303 g/mol. The molecule has 0 aliphatic heterocycles. The maximum atomic E-state index is 11.5. The van der Waals surface area contributed by atoms with E-state index in [1.165, 1.54) is 11.1 Å². The molecule has 0 spiro atoms. The minimum Gasteiger partial charge on any atom is -0.368 e. The number of carbonyl (C=O) groups is 1. The van der Waals surface area contributed by atoms with Crippen molar-refractivity contribution < 1.29 is 4.79 Å². The highest BCUT2D eigenvalue weighted by Crippen LogP contribution is 2.29. The lowest BCUT2D eigenvalue weighted by Crippen LogP contribution is -2.23. The zero-order valence-corrected chi connectivity index (χ0v) is 12.7. The molecule has 0 aliphatic carbocycles. The van der Waals surface area contributed by atoms with Crippen molar-refractivity contribution in [2.45, 2.75) is 16.1 Å². The molecule has 0 radical (unpaired) electrons. The highest BCUT2D eigenvalue weighted by atomic mass is 32.2. The van der Waals surface area contributed by atoms with Crippen LogP contribution in [0.25, 0.3) is 0 Å². The normalized spacial score (nSPS) is 10.7. The van der Waals surface area contributed by atoms with Crippen LogP contribution < -0.4 is 5.73 Å². The zero-order valence-electron chi connectivity index (χ0n) is 11.1. The molecule has 0 bridgehead atoms. The van der Waals surface area contributed by atoms with Crippen molar-refractivity contribution in [3.05, 3.63) is 71.8 Å². The minimum atomic E-state index is -0.258. The lowest BCUT2D eigenvalue weighted by Gasteiger charge is -2.12. The molecule has 2 aromatic rings. The van der Waals surface area contributed by atoms with E-state index in [0.29, 0.717) is 0 Å². The molecule has 0 atom stereocenters. The summed E-state index contributed by atoms with van der Waals surface area (Å²) in [5.41, 5.74) is 7.91. The highest BCUT2D eigenvalue weighted by molar-refractivity contribution is 8.17. The molecule has 4 heteroatoms. The SMILES string of the molecule is NC(=O)C(SCc1ccccc1)SCc1ccccc1. The van der Waals surface area contributed by atoms with E-state index in [1.54, 1.807) is 23.5 Å². The number of benzene rings is 2. The highest BCUT2D eigenvalue weighted by Gasteiger charge is 2.16. The first-order valence-corrected chi connectivity index (χ1v) is 8.46. The van der Waals surface area contributed by atoms with Gasteiger partial charge in [-0.05, 0) is 11.1 Å². The molecule has 2 aromatic carbocycles. The summed E-state index contributed by atoms with van der Waals surface area (Å²) in [7, 11) is 0. The number of primary amides is 1. The van der Waals surface area contributed by atoms with Crippen molar-refractivity contribution in [3.8, 4) is 0 Å². The number of carbonyl (C=O) groups excluding carboxylic acids is 1. The Labute approximate surface area is 128 Å². The summed E-state index contributed by atoms with van der Waals surface area (Å²) in [5.74, 6) is 1.35. The van der Waals surface area contributed by atoms with E-state index in [9.17, 15) is 4.79 Å². The Morgan fingerprint density at radius 2 is 1.25 bits per heavy atom. The largest absolute Gasteiger partial charge is 0.368 e. The van der Waals surface area contributed by atoms with Crippen LogP contribution in [0.3, 0.4) is 0 Å². The first-order valence-electron chi connectivity index (χ1n) is 6.36. The van der Waals surface area contributed by atoms with Gasteiger partial charge in [0.05, 0.1) is 0 Å². The lowest BCUT2D eigenvalue weighted by molar-refractivity contribution is -0.116. The molecule has 0 aromatic heterocycles. The summed E-state index contributed by atoms with van der Waals surface area (Å²) >= 11 is 3.18. The summed E-state index contributed by atoms with van der Waals surface area (Å²) in [5, 5.41) is 0. The second kappa shape index (κ2) is 8.02. The Bertz CT molecular complexity index is 487. The molecule has 1 amide bonds. The summed E-state index contributed by atoms with van der Waals surface area (Å²) in [6.45, 7) is 0. The monoisotopic (exact) mass is 303 g/mol. The van der Waals surface area contributed by atoms with Crippen LogP contribution in [0.4, 0.5) is 0 Å². The zero-order chi connectivity index (χ0) is 14.2. The van der Waals surface area contributed by atoms with Gasteiger partial charge in [-0.3, -0.25) is 4.79 Å². The van der Waals surface area contributed by atoms with Gasteiger partial charge in [0.15, 0.2) is 0 Å². The van der Waals surface area contributed by atoms with Gasteiger partial charge in [-0.1, -0.05) is 60.7 Å². The first kappa shape index (κ1) is 15.0. The van der Waals surface area contributed by atoms with Crippen molar-refractivity contribution in [1.82, 2.24) is 0 Å². The van der Waals surface area contributed by atoms with Gasteiger partial charge in [-0.2, -0.15) is 0 Å². The molecule has 0 saturated heterocycles. The molecule has 0 saturated carbocycles. The molecule has 0 heterocycles. The van der Waals surface area contributed by atoms with E-state index in [0.717, 1.165) is 11.5 Å². The minimum absolute atomic E-state index is 0.213. The van der Waals surface area contributed by atoms with Crippen LogP contribution in [-0.4, -0.2) is 10.5 Å². The Morgan fingerprint density at radius 1 is 0.850 bits per heavy atom. The van der Waals surface area contributed by atoms with Crippen molar-refractivity contribution in [3.63, 3.8) is 0 Å². The van der Waals surface area contributed by atoms with E-state index in [1.807, 2.05) is 36.4 Å². The van der Waals surface area contributed by atoms with Gasteiger partial charge in [-0.25, -0.2) is 0 Å². The van der Waals surface area contributed by atoms with Gasteiger partial charge >= 0.3 is 0 Å². The van der Waals surface area contributed by atoms with Gasteiger partial charge in [0.2, 0.25) is 5.91 Å². The van der Waals surface area contributed by atoms with Crippen molar-refractivity contribution in [2.75, 3.05) is 0 Å². The van der Waals surface area contributed by atoms with Crippen molar-refractivity contribution >= 4 is 29.4 Å². The van der Waals surface area contributed by atoms with Crippen LogP contribution in [0.5, 0.6) is 0 Å². The third-order valence-electron chi connectivity index (χ3n) is 2.72. The third kappa shape index (κ3) is 4.94. The Kier molecular flexibility index (Phi) is 6.02. The van der Waals surface area contributed by atoms with Gasteiger partial charge in [-0.15, -0.1) is 23.5 Å². The molecule has 0 aliphatic rings. The fourth-order valence-corrected chi connectivity index (χ4v) is 3.90. The number of thioether (sulfide) groups is 2. The van der Waals surface area contributed by atoms with Crippen LogP contribution >= 0.6 is 23.5 Å². The molecule has 2 rings (SSSR count). The number of hydrogen-bond acceptors (Lipinski definition) is 3. The van der Waals surface area contributed by atoms with Crippen LogP contribution in [0.2, 0.25) is 0 Å². The average Bonchev–Trinajstić information content (AvgIpc) is 2.49. The maximum absolute atomic E-state index is 11.5. The van der Waals surface area contributed by atoms with E-state index < -0.39 is 0 Å². The van der Waals surface area contributed by atoms with Crippen LogP contribution in [0, 0.1) is 0 Å². The van der Waals surface area contributed by atoms with Crippen LogP contribution in [0.15, 0.2) is 60.7 Å². The quantitative estimate of drug-likeness (QED) is 0.794. The van der Waals surface area contributed by atoms with E-state index in [-0.39, 0.29) is 10.5 Å².